The van der Waals surface area contributed by atoms with E-state index in [1.165, 1.54) is 4.90 Å². The molecule has 6 nitrogen and oxygen atoms in total. The van der Waals surface area contributed by atoms with Gasteiger partial charge in [0, 0.05) is 9.26 Å². The van der Waals surface area contributed by atoms with Gasteiger partial charge >= 0.3 is 5.97 Å². The van der Waals surface area contributed by atoms with Crippen LogP contribution in [0, 0.1) is 22.1 Å². The van der Waals surface area contributed by atoms with Gasteiger partial charge in [0.1, 0.15) is 0 Å². The second-order valence-corrected chi connectivity index (χ2v) is 9.05. The molecule has 0 saturated heterocycles. The second kappa shape index (κ2) is 8.70. The average Bonchev–Trinajstić information content (AvgIpc) is 2.73. The molecule has 0 bridgehead atoms. The minimum Gasteiger partial charge on any atom is -0.440 e. The number of carbonyl (C=O) groups excluding carboxylic acids is 2. The van der Waals surface area contributed by atoms with Crippen LogP contribution in [0.1, 0.15) is 52.0 Å². The lowest BCUT2D eigenvalue weighted by Gasteiger charge is -2.32. The summed E-state index contributed by atoms with van der Waals surface area (Å²) in [5, 5.41) is 12.6. The predicted octanol–water partition coefficient (Wildman–Crippen LogP) is 4.18. The fourth-order valence-corrected chi connectivity index (χ4v) is 4.75. The third kappa shape index (κ3) is 4.12. The van der Waals surface area contributed by atoms with E-state index in [-0.39, 0.29) is 18.0 Å². The summed E-state index contributed by atoms with van der Waals surface area (Å²) in [4.78, 5) is 26.4. The number of carbonyl (C=O) groups is 2. The molecule has 1 aliphatic carbocycles. The van der Waals surface area contributed by atoms with Crippen LogP contribution in [0.15, 0.2) is 24.3 Å². The van der Waals surface area contributed by atoms with E-state index in [2.05, 4.69) is 27.9 Å². The molecule has 4 rings (SSSR count). The predicted molar refractivity (Wildman–Crippen MR) is 118 cm³/mol. The largest absolute Gasteiger partial charge is 0.440 e. The number of rotatable bonds is 3. The summed E-state index contributed by atoms with van der Waals surface area (Å²) in [6, 6.07) is 5.90. The van der Waals surface area contributed by atoms with Crippen LogP contribution in [0.3, 0.4) is 0 Å². The lowest BCUT2D eigenvalue weighted by atomic mass is 9.92. The number of anilines is 2. The highest BCUT2D eigenvalue weighted by molar-refractivity contribution is 14.1. The molecular weight excluding hydrogens is 521 g/mol. The summed E-state index contributed by atoms with van der Waals surface area (Å²) in [7, 11) is 0. The van der Waals surface area contributed by atoms with Gasteiger partial charge in [0.05, 0.1) is 29.0 Å². The van der Waals surface area contributed by atoms with Gasteiger partial charge in [0.2, 0.25) is 0 Å². The van der Waals surface area contributed by atoms with Crippen molar-refractivity contribution in [2.75, 3.05) is 11.6 Å². The van der Waals surface area contributed by atoms with E-state index >= 15 is 4.39 Å². The van der Waals surface area contributed by atoms with Crippen molar-refractivity contribution in [1.82, 2.24) is 5.32 Å². The maximum absolute atomic E-state index is 15.2. The molecule has 1 saturated carbocycles. The Labute approximate surface area is 191 Å². The normalized spacial score (nSPS) is 20.8. The zero-order valence-corrected chi connectivity index (χ0v) is 18.9. The number of halogens is 3. The molecule has 2 aromatic rings. The average molecular weight is 542 g/mol. The number of esters is 1. The summed E-state index contributed by atoms with van der Waals surface area (Å²) >= 11 is 2.14. The van der Waals surface area contributed by atoms with Gasteiger partial charge in [-0.3, -0.25) is 4.79 Å². The van der Waals surface area contributed by atoms with Gasteiger partial charge in [-0.05, 0) is 72.2 Å². The number of aliphatic hydroxyl groups is 1. The number of nitrogens with zero attached hydrogens (tertiary/aromatic N) is 1. The molecule has 31 heavy (non-hydrogen) atoms. The van der Waals surface area contributed by atoms with Gasteiger partial charge < -0.3 is 20.1 Å². The van der Waals surface area contributed by atoms with E-state index in [4.69, 9.17) is 4.74 Å². The van der Waals surface area contributed by atoms with Gasteiger partial charge in [-0.2, -0.15) is 0 Å². The van der Waals surface area contributed by atoms with Crippen LogP contribution in [0.4, 0.5) is 20.2 Å². The van der Waals surface area contributed by atoms with Crippen molar-refractivity contribution in [3.8, 4) is 0 Å². The summed E-state index contributed by atoms with van der Waals surface area (Å²) < 4.78 is 36.4. The maximum Gasteiger partial charge on any atom is 0.342 e. The molecule has 0 radical (unpaired) electrons. The van der Waals surface area contributed by atoms with Gasteiger partial charge in [-0.25, -0.2) is 13.6 Å². The lowest BCUT2D eigenvalue weighted by molar-refractivity contribution is 0.0491. The van der Waals surface area contributed by atoms with Crippen molar-refractivity contribution in [3.63, 3.8) is 0 Å². The van der Waals surface area contributed by atoms with Crippen molar-refractivity contribution in [2.45, 2.75) is 44.8 Å². The van der Waals surface area contributed by atoms with Crippen LogP contribution in [-0.2, 0) is 4.74 Å². The number of amides is 1. The number of cyclic esters (lactones) is 1. The Hall–Kier alpha value is -2.27. The molecule has 9 heteroatoms. The van der Waals surface area contributed by atoms with Crippen molar-refractivity contribution in [3.05, 3.63) is 56.2 Å². The lowest BCUT2D eigenvalue weighted by Crippen LogP contribution is -2.45. The Balaban J connectivity index is 1.74. The van der Waals surface area contributed by atoms with Crippen LogP contribution in [-0.4, -0.2) is 35.9 Å². The van der Waals surface area contributed by atoms with E-state index in [9.17, 15) is 19.1 Å². The van der Waals surface area contributed by atoms with E-state index < -0.39 is 41.2 Å². The SMILES string of the molecule is Cc1cc(I)ccc1N1COC(=O)c2cc(C(=O)N[C@H]3CCCCC3O)c(F)c(F)c21. The molecular formula is C22H21F2IN2O4. The Morgan fingerprint density at radius 3 is 2.68 bits per heavy atom. The Kier molecular flexibility index (Phi) is 6.16. The molecule has 0 spiro atoms. The first-order valence-corrected chi connectivity index (χ1v) is 11.1. The van der Waals surface area contributed by atoms with Crippen LogP contribution in [0.5, 0.6) is 0 Å². The topological polar surface area (TPSA) is 78.9 Å². The molecule has 1 unspecified atom stereocenters. The number of hydrogen-bond acceptors (Lipinski definition) is 5. The molecule has 1 heterocycles. The van der Waals surface area contributed by atoms with E-state index in [1.807, 2.05) is 19.1 Å². The minimum absolute atomic E-state index is 0.225. The van der Waals surface area contributed by atoms with Crippen molar-refractivity contribution < 1.29 is 28.2 Å². The highest BCUT2D eigenvalue weighted by atomic mass is 127. The fourth-order valence-electron chi connectivity index (χ4n) is 4.10. The second-order valence-electron chi connectivity index (χ2n) is 7.80. The molecule has 2 aliphatic rings. The number of aryl methyl sites for hydroxylation is 1. The van der Waals surface area contributed by atoms with Gasteiger partial charge in [0.25, 0.3) is 5.91 Å². The highest BCUT2D eigenvalue weighted by Crippen LogP contribution is 2.38. The van der Waals surface area contributed by atoms with Crippen LogP contribution >= 0.6 is 22.6 Å². The summed E-state index contributed by atoms with van der Waals surface area (Å²) in [6.45, 7) is 1.54. The molecule has 2 aromatic carbocycles. The van der Waals surface area contributed by atoms with Crippen molar-refractivity contribution >= 4 is 45.8 Å². The van der Waals surface area contributed by atoms with Gasteiger partial charge in [-0.1, -0.05) is 12.8 Å². The first-order chi connectivity index (χ1) is 14.8. The highest BCUT2D eigenvalue weighted by Gasteiger charge is 2.35. The molecule has 2 N–H and O–H groups in total. The number of aliphatic hydroxyl groups excluding tert-OH is 1. The standard InChI is InChI=1S/C22H21F2IN2O4/c1-11-8-12(25)6-7-16(11)27-10-31-22(30)14-9-13(18(23)19(24)20(14)27)21(29)26-15-4-2-3-5-17(15)28/h6-9,15,17,28H,2-5,10H2,1H3,(H,26,29)/t15-,17?/m0/s1. The molecule has 0 aromatic heterocycles. The Morgan fingerprint density at radius 2 is 1.97 bits per heavy atom. The van der Waals surface area contributed by atoms with Crippen LogP contribution in [0.2, 0.25) is 0 Å². The van der Waals surface area contributed by atoms with Gasteiger partial charge in [0.15, 0.2) is 18.4 Å². The Bertz CT molecular complexity index is 1060. The summed E-state index contributed by atoms with van der Waals surface area (Å²) in [5.41, 5.74) is 0.288. The van der Waals surface area contributed by atoms with E-state index in [0.717, 1.165) is 28.0 Å². The fraction of sp³-hybridized carbons (Fsp3) is 0.364. The molecule has 1 aliphatic heterocycles. The minimum atomic E-state index is -1.34. The molecule has 1 amide bonds. The third-order valence-electron chi connectivity index (χ3n) is 5.74. The van der Waals surface area contributed by atoms with Crippen LogP contribution < -0.4 is 10.2 Å². The summed E-state index contributed by atoms with van der Waals surface area (Å²) in [5.74, 6) is -4.34. The molecule has 1 fully saturated rings. The zero-order valence-electron chi connectivity index (χ0n) is 16.8. The first kappa shape index (κ1) is 21.9. The number of nitrogens with one attached hydrogen (secondary N) is 1. The zero-order chi connectivity index (χ0) is 22.3. The van der Waals surface area contributed by atoms with E-state index in [1.54, 1.807) is 6.07 Å². The van der Waals surface area contributed by atoms with E-state index in [0.29, 0.717) is 18.5 Å². The number of ether oxygens (including phenoxy) is 1. The maximum atomic E-state index is 15.2. The van der Waals surface area contributed by atoms with Crippen molar-refractivity contribution in [1.29, 1.82) is 0 Å². The monoisotopic (exact) mass is 542 g/mol. The molecule has 164 valence electrons. The van der Waals surface area contributed by atoms with Crippen molar-refractivity contribution in [2.24, 2.45) is 0 Å². The van der Waals surface area contributed by atoms with Gasteiger partial charge in [-0.15, -0.1) is 0 Å². The molecule has 2 atom stereocenters. The number of hydrogen-bond donors (Lipinski definition) is 2. The number of fused-ring (bicyclic) bond motifs is 1. The Morgan fingerprint density at radius 1 is 1.23 bits per heavy atom. The smallest absolute Gasteiger partial charge is 0.342 e. The summed E-state index contributed by atoms with van der Waals surface area (Å²) in [6.07, 6.45) is 1.99. The van der Waals surface area contributed by atoms with Crippen LogP contribution in [0.25, 0.3) is 0 Å². The first-order valence-electron chi connectivity index (χ1n) is 9.99. The quantitative estimate of drug-likeness (QED) is 0.450. The third-order valence-corrected chi connectivity index (χ3v) is 6.41. The number of benzene rings is 2.